The molecule has 2 heterocycles. The van der Waals surface area contributed by atoms with Crippen molar-refractivity contribution in [3.63, 3.8) is 0 Å². The van der Waals surface area contributed by atoms with E-state index in [-0.39, 0.29) is 44.4 Å². The maximum Gasteiger partial charge on any atom is 0.349 e. The van der Waals surface area contributed by atoms with E-state index in [2.05, 4.69) is 10.6 Å². The molecule has 2 aromatic rings. The lowest BCUT2D eigenvalue weighted by Gasteiger charge is -2.40. The molecular formula is C27H28BF2N3O6. The number of rotatable bonds is 10. The van der Waals surface area contributed by atoms with Crippen LogP contribution in [0.4, 0.5) is 8.78 Å². The van der Waals surface area contributed by atoms with E-state index < -0.39 is 40.6 Å². The summed E-state index contributed by atoms with van der Waals surface area (Å²) in [5.74, 6) is -6.82. The van der Waals surface area contributed by atoms with E-state index in [9.17, 15) is 28.0 Å². The van der Waals surface area contributed by atoms with Crippen LogP contribution in [0, 0.1) is 0 Å². The topological polar surface area (TPSA) is 114 Å². The third kappa shape index (κ3) is 5.95. The van der Waals surface area contributed by atoms with E-state index in [0.717, 1.165) is 12.1 Å². The van der Waals surface area contributed by atoms with Gasteiger partial charge in [-0.25, -0.2) is 0 Å². The van der Waals surface area contributed by atoms with E-state index in [0.29, 0.717) is 23.3 Å². The average Bonchev–Trinajstić information content (AvgIpc) is 3.23. The third-order valence-corrected chi connectivity index (χ3v) is 6.57. The Hall–Kier alpha value is -3.80. The number of alkyl halides is 2. The highest BCUT2D eigenvalue weighted by molar-refractivity contribution is 6.32. The Morgan fingerprint density at radius 1 is 1.18 bits per heavy atom. The Balaban J connectivity index is 1.39. The summed E-state index contributed by atoms with van der Waals surface area (Å²) in [6.07, 6.45) is -0.0105. The molecule has 2 aromatic carbocycles. The number of fused-ring (bicyclic) bond motifs is 1. The molecule has 0 aromatic heterocycles. The lowest BCUT2D eigenvalue weighted by atomic mass is 9.70. The van der Waals surface area contributed by atoms with Crippen molar-refractivity contribution in [2.24, 2.45) is 0 Å². The summed E-state index contributed by atoms with van der Waals surface area (Å²) in [6.45, 7) is 3.98. The molecule has 0 unspecified atom stereocenters. The lowest BCUT2D eigenvalue weighted by Crippen LogP contribution is -2.63. The molecule has 0 spiro atoms. The van der Waals surface area contributed by atoms with Crippen LogP contribution >= 0.6 is 0 Å². The van der Waals surface area contributed by atoms with Crippen LogP contribution in [0.25, 0.3) is 0 Å². The SMILES string of the molecule is [B][C@@]1(N2Cc3cc(CNC(=O)C(F)(F)c4cccc(OCCOC(C)C)c4)ccc3C2=O)CCC(=O)NC1=O. The van der Waals surface area contributed by atoms with Gasteiger partial charge in [-0.3, -0.25) is 24.5 Å². The first-order valence-electron chi connectivity index (χ1n) is 12.5. The molecule has 1 fully saturated rings. The number of halogens is 2. The van der Waals surface area contributed by atoms with Crippen molar-refractivity contribution in [3.8, 4) is 5.75 Å². The molecule has 2 aliphatic rings. The van der Waals surface area contributed by atoms with Crippen LogP contribution < -0.4 is 15.4 Å². The second-order valence-corrected chi connectivity index (χ2v) is 9.74. The maximum absolute atomic E-state index is 14.9. The van der Waals surface area contributed by atoms with Crippen molar-refractivity contribution in [1.29, 1.82) is 0 Å². The number of ether oxygens (including phenoxy) is 2. The highest BCUT2D eigenvalue weighted by Gasteiger charge is 2.47. The van der Waals surface area contributed by atoms with Crippen LogP contribution in [0.3, 0.4) is 0 Å². The first-order chi connectivity index (χ1) is 18.4. The predicted molar refractivity (Wildman–Crippen MR) is 136 cm³/mol. The van der Waals surface area contributed by atoms with Crippen LogP contribution in [0.2, 0.25) is 0 Å². The van der Waals surface area contributed by atoms with Crippen molar-refractivity contribution >= 4 is 31.5 Å². The van der Waals surface area contributed by atoms with Gasteiger partial charge in [-0.05, 0) is 49.6 Å². The van der Waals surface area contributed by atoms with E-state index >= 15 is 0 Å². The number of nitrogens with one attached hydrogen (secondary N) is 2. The zero-order chi connectivity index (χ0) is 28.4. The predicted octanol–water partition coefficient (Wildman–Crippen LogP) is 2.16. The number of imide groups is 1. The molecular weight excluding hydrogens is 511 g/mol. The quantitative estimate of drug-likeness (QED) is 0.272. The summed E-state index contributed by atoms with van der Waals surface area (Å²) in [4.78, 5) is 50.5. The Kier molecular flexibility index (Phi) is 8.05. The van der Waals surface area contributed by atoms with Crippen LogP contribution in [-0.4, -0.2) is 61.1 Å². The first kappa shape index (κ1) is 28.2. The Labute approximate surface area is 225 Å². The number of piperidine rings is 1. The zero-order valence-corrected chi connectivity index (χ0v) is 21.6. The van der Waals surface area contributed by atoms with E-state index in [1.165, 1.54) is 29.2 Å². The van der Waals surface area contributed by atoms with Gasteiger partial charge in [0.2, 0.25) is 11.8 Å². The largest absolute Gasteiger partial charge is 0.491 e. The van der Waals surface area contributed by atoms with Gasteiger partial charge in [0.15, 0.2) is 0 Å². The summed E-state index contributed by atoms with van der Waals surface area (Å²) in [5, 5.41) is 4.40. The fourth-order valence-electron chi connectivity index (χ4n) is 4.43. The monoisotopic (exact) mass is 539 g/mol. The van der Waals surface area contributed by atoms with Gasteiger partial charge in [-0.15, -0.1) is 0 Å². The minimum atomic E-state index is -3.82. The first-order valence-corrected chi connectivity index (χ1v) is 12.5. The number of carbonyl (C=O) groups is 4. The molecule has 12 heteroatoms. The molecule has 0 saturated carbocycles. The number of amides is 4. The lowest BCUT2D eigenvalue weighted by molar-refractivity contribution is -0.147. The minimum absolute atomic E-state index is 0.000770. The summed E-state index contributed by atoms with van der Waals surface area (Å²) < 4.78 is 40.7. The van der Waals surface area contributed by atoms with Gasteiger partial charge in [0.25, 0.3) is 11.8 Å². The van der Waals surface area contributed by atoms with Gasteiger partial charge in [0.05, 0.1) is 18.1 Å². The number of hydrogen-bond acceptors (Lipinski definition) is 6. The average molecular weight is 539 g/mol. The normalized spacial score (nSPS) is 19.2. The minimum Gasteiger partial charge on any atom is -0.491 e. The van der Waals surface area contributed by atoms with Crippen LogP contribution in [0.15, 0.2) is 42.5 Å². The number of carbonyl (C=O) groups excluding carboxylic acids is 4. The smallest absolute Gasteiger partial charge is 0.349 e. The van der Waals surface area contributed by atoms with Crippen molar-refractivity contribution in [2.45, 2.75) is 57.2 Å². The van der Waals surface area contributed by atoms with E-state index in [4.69, 9.17) is 17.3 Å². The van der Waals surface area contributed by atoms with Gasteiger partial charge in [0, 0.05) is 30.6 Å². The molecule has 2 aliphatic heterocycles. The van der Waals surface area contributed by atoms with Gasteiger partial charge in [-0.1, -0.05) is 24.3 Å². The van der Waals surface area contributed by atoms with Crippen molar-refractivity contribution in [3.05, 3.63) is 64.7 Å². The third-order valence-electron chi connectivity index (χ3n) is 6.57. The molecule has 1 saturated heterocycles. The molecule has 2 radical (unpaired) electrons. The fourth-order valence-corrected chi connectivity index (χ4v) is 4.43. The highest BCUT2D eigenvalue weighted by Crippen LogP contribution is 2.34. The molecule has 4 rings (SSSR count). The van der Waals surface area contributed by atoms with Crippen molar-refractivity contribution in [2.75, 3.05) is 13.2 Å². The number of hydrogen-bond donors (Lipinski definition) is 2. The Bertz CT molecular complexity index is 1300. The van der Waals surface area contributed by atoms with Gasteiger partial charge >= 0.3 is 5.92 Å². The van der Waals surface area contributed by atoms with Gasteiger partial charge in [-0.2, -0.15) is 8.78 Å². The summed E-state index contributed by atoms with van der Waals surface area (Å²) >= 11 is 0. The molecule has 2 N–H and O–H groups in total. The Morgan fingerprint density at radius 3 is 2.67 bits per heavy atom. The van der Waals surface area contributed by atoms with E-state index in [1.807, 2.05) is 13.8 Å². The second-order valence-electron chi connectivity index (χ2n) is 9.74. The summed E-state index contributed by atoms with van der Waals surface area (Å²) in [6, 6.07) is 9.77. The maximum atomic E-state index is 14.9. The van der Waals surface area contributed by atoms with Crippen LogP contribution in [-0.2, 0) is 38.1 Å². The van der Waals surface area contributed by atoms with E-state index in [1.54, 1.807) is 6.07 Å². The van der Waals surface area contributed by atoms with Crippen LogP contribution in [0.1, 0.15) is 53.7 Å². The van der Waals surface area contributed by atoms with Crippen molar-refractivity contribution in [1.82, 2.24) is 15.5 Å². The van der Waals surface area contributed by atoms with Gasteiger partial charge in [0.1, 0.15) is 20.2 Å². The molecule has 4 amide bonds. The van der Waals surface area contributed by atoms with Crippen LogP contribution in [0.5, 0.6) is 5.75 Å². The van der Waals surface area contributed by atoms with Crippen molar-refractivity contribution < 1.29 is 37.4 Å². The Morgan fingerprint density at radius 2 is 1.95 bits per heavy atom. The molecule has 9 nitrogen and oxygen atoms in total. The molecule has 1 atom stereocenters. The summed E-state index contributed by atoms with van der Waals surface area (Å²) in [7, 11) is 6.22. The second kappa shape index (κ2) is 11.1. The zero-order valence-electron chi connectivity index (χ0n) is 21.6. The number of benzene rings is 2. The molecule has 39 heavy (non-hydrogen) atoms. The summed E-state index contributed by atoms with van der Waals surface area (Å²) in [5.41, 5.74) is -0.890. The highest BCUT2D eigenvalue weighted by atomic mass is 19.3. The molecule has 0 aliphatic carbocycles. The molecule has 0 bridgehead atoms. The van der Waals surface area contributed by atoms with Gasteiger partial charge < -0.3 is 19.7 Å². The standard InChI is InChI=1S/C27H28BF2N3O6/c1-16(2)38-10-11-39-20-5-3-4-19(13-20)27(29,30)25(37)31-14-17-6-7-21-18(12-17)15-33(23(21)35)26(28)9-8-22(34)32-24(26)36/h3-7,12-13,16H,8-11,14-15H2,1-2H3,(H,31,37)(H,32,34,36)/t26-/m1/s1. The number of nitrogens with zero attached hydrogens (tertiary/aromatic N) is 1. The molecule has 204 valence electrons. The fraction of sp³-hybridized carbons (Fsp3) is 0.407.